The first kappa shape index (κ1) is 132. The molecule has 0 aliphatic rings. The molecular weight excluding hydrogens is 2380 g/mol. The predicted octanol–water partition coefficient (Wildman–Crippen LogP) is 22.5. The largest absolute Gasteiger partial charge is 1.00 e. The van der Waals surface area contributed by atoms with Gasteiger partial charge in [-0.1, -0.05) is 186 Å². The van der Waals surface area contributed by atoms with E-state index in [1.54, 1.807) is 124 Å². The molecule has 4 N–H and O–H groups in total. The maximum Gasteiger partial charge on any atom is 1.00 e. The summed E-state index contributed by atoms with van der Waals surface area (Å²) in [5.41, 5.74) is 9.60. The summed E-state index contributed by atoms with van der Waals surface area (Å²) >= 11 is 32.6. The van der Waals surface area contributed by atoms with Crippen molar-refractivity contribution in [1.82, 2.24) is 0 Å². The fourth-order valence-electron chi connectivity index (χ4n) is 11.2. The number of hydrogen-bond acceptors (Lipinski definition) is 18. The van der Waals surface area contributed by atoms with Gasteiger partial charge in [0.2, 0.25) is 0 Å². The van der Waals surface area contributed by atoms with Crippen molar-refractivity contribution < 1.29 is 204 Å². The van der Waals surface area contributed by atoms with E-state index in [0.29, 0.717) is 56.0 Å². The summed E-state index contributed by atoms with van der Waals surface area (Å²) in [5, 5.41) is 53.6. The Kier molecular flexibility index (Phi) is 75.9. The SMILES string of the molecule is BrB(Br)Br.CC#N.CCOCC.COc1c(-c2ccccc2F)cc(Br)c(C)c1-c1ccccc1F.COc1c(-c2ccccc2F)ccc(C)c1-c1ccccc1F.COc1c(Br)ccc(C)c1Br.COc1cccc(C)c1.COc1cccc(C)c1Br.O=CO[O-].OB(O)c1ccccc1F.Oc1c(Br)cc(-c2ccccc2F)c(O)c1-c1ccccc1F.[2H]CF.[B]=NS.[B]=NS.[H-].[K+].[K+]. The van der Waals surface area contributed by atoms with E-state index in [4.69, 9.17) is 55.2 Å². The molecule has 0 spiro atoms. The van der Waals surface area contributed by atoms with Gasteiger partial charge in [0, 0.05) is 91.3 Å². The first-order chi connectivity index (χ1) is 64.3. The molecule has 0 aliphatic heterocycles. The quantitative estimate of drug-likeness (QED) is 0.0140. The number of halogens is 16. The molecule has 0 atom stereocenters. The van der Waals surface area contributed by atoms with Crippen molar-refractivity contribution >= 4 is 190 Å². The van der Waals surface area contributed by atoms with Crippen LogP contribution in [0.1, 0.15) is 51.4 Å². The second kappa shape index (κ2) is 78.0. The van der Waals surface area contributed by atoms with E-state index in [9.17, 15) is 45.3 Å². The van der Waals surface area contributed by atoms with Crippen LogP contribution in [0.25, 0.3) is 66.8 Å². The summed E-state index contributed by atoms with van der Waals surface area (Å²) in [6.45, 7) is 16.8. The number of ether oxygens (including phenoxy) is 6. The average molecular weight is 2480 g/mol. The van der Waals surface area contributed by atoms with Gasteiger partial charge in [-0.3, -0.25) is 9.18 Å². The summed E-state index contributed by atoms with van der Waals surface area (Å²) in [7, 11) is 14.0. The van der Waals surface area contributed by atoms with Gasteiger partial charge in [-0.15, -0.1) is 47.3 Å². The van der Waals surface area contributed by atoms with Crippen molar-refractivity contribution in [3.05, 3.63) is 340 Å². The van der Waals surface area contributed by atoms with E-state index in [1.807, 2.05) is 109 Å². The molecule has 0 unspecified atom stereocenters. The Hall–Kier alpha value is -5.63. The topological polar surface area (TPSA) is 234 Å². The molecule has 13 aromatic rings. The number of carbonyl (C=O) groups excluding carboxylic acids is 1. The van der Waals surface area contributed by atoms with Gasteiger partial charge in [-0.05, 0) is 219 Å². The number of benzene rings is 13. The number of aromatic hydroxyl groups is 2. The molecule has 16 nitrogen and oxygen atoms in total. The average Bonchev–Trinajstić information content (AvgIpc) is 0.776. The van der Waals surface area contributed by atoms with Gasteiger partial charge in [0.25, 0.3) is 6.47 Å². The number of aryl methyl sites for hydroxylation is 4. The van der Waals surface area contributed by atoms with Crippen molar-refractivity contribution in [1.29, 1.82) is 5.26 Å². The number of phenolic OH excluding ortho intramolecular Hbond substituents is 2. The zero-order chi connectivity index (χ0) is 102. The maximum atomic E-state index is 14.4. The van der Waals surface area contributed by atoms with Crippen LogP contribution >= 0.6 is 153 Å². The molecule has 0 bridgehead atoms. The van der Waals surface area contributed by atoms with Crippen LogP contribution in [0, 0.1) is 86.7 Å². The minimum atomic E-state index is -1.72. The van der Waals surface area contributed by atoms with Crippen molar-refractivity contribution in [2.75, 3.05) is 55.9 Å². The number of rotatable bonds is 15. The molecule has 2 radical (unpaired) electrons. The Bertz CT molecular complexity index is 5830. The standard InChI is InChI=1S/C20H15BrF2O.C20H16F2O.C18H11BrF2O2.C8H8Br2O.C8H9BrO.C8H10O.C6H6BFO2.C4H10O.C2H3N.CH3F.CH2O3.BBr3.2BHNS.2K.H/c1-12-16(21)11-15(13-7-3-5-9-17(13)22)20(24-2)19(12)14-8-4-6-10-18(14)23;1-13-11-12-15(14-7-3-5-9-17(14)21)20(23-2)19(13)16-8-4-6-10-18(16)22;19-13-9-12(10-5-1-3-7-14(10)20)17(22)16(18(13)23)11-6-2-4-8-15(11)21;1-5-3-4-6(9)8(11-2)7(5)10;1-6-4-3-5-7(10-2)8(6)9;1-7-4-3-5-8(6-7)9-2;8-6-4-2-1-3-5(6)7(9)10;1-3-5-4-2;1-2-3;1-2;2-1-4-3;2-1(3)4;2*1-2-3;;;/h3-11H,1-2H3;3-12H,1-2H3;1-9,22-23H;3-4H,1-2H3;3-5H,1-2H3;3-6H,1-2H3;1-4,9-10H;3-4H2,1-2H3;1H3;1H3;1,3H;;2*3H;;;/q;;;;;;;;;;;;;;2*+1;-1/p-1/i;;;;;;;;;1D;;;;;;;. The number of methoxy groups -OCH3 is 5. The van der Waals surface area contributed by atoms with E-state index >= 15 is 0 Å². The Morgan fingerprint density at radius 3 is 1.14 bits per heavy atom. The van der Waals surface area contributed by atoms with Gasteiger partial charge in [0.15, 0.2) is 0 Å². The van der Waals surface area contributed by atoms with Gasteiger partial charge in [0.1, 0.15) is 81.0 Å². The van der Waals surface area contributed by atoms with Crippen LogP contribution in [0.15, 0.2) is 280 Å². The van der Waals surface area contributed by atoms with Crippen molar-refractivity contribution in [3.8, 4) is 113 Å². The van der Waals surface area contributed by atoms with Gasteiger partial charge >= 0.3 is 163 Å². The van der Waals surface area contributed by atoms with Gasteiger partial charge in [0.05, 0.1) is 73.6 Å². The Labute approximate surface area is 959 Å². The third-order valence-electron chi connectivity index (χ3n) is 17.1. The Morgan fingerprint density at radius 1 is 0.456 bits per heavy atom. The molecule has 0 saturated heterocycles. The van der Waals surface area contributed by atoms with Crippen LogP contribution in [0.2, 0.25) is 0 Å². The fourth-order valence-corrected chi connectivity index (χ4v) is 13.8. The first-order valence-electron chi connectivity index (χ1n) is 39.3. The van der Waals surface area contributed by atoms with Crippen LogP contribution in [-0.4, -0.2) is 108 Å². The molecule has 0 saturated carbocycles. The molecule has 0 heterocycles. The molecule has 0 fully saturated rings. The van der Waals surface area contributed by atoms with E-state index in [2.05, 4.69) is 181 Å². The zero-order valence-corrected chi connectivity index (χ0v) is 97.1. The van der Waals surface area contributed by atoms with Crippen molar-refractivity contribution in [2.24, 2.45) is 8.60 Å². The number of carbonyl (C=O) groups is 1. The summed E-state index contributed by atoms with van der Waals surface area (Å²) in [6.07, 6.45) is 0. The van der Waals surface area contributed by atoms with Crippen molar-refractivity contribution in [2.45, 2.75) is 55.4 Å². The summed E-state index contributed by atoms with van der Waals surface area (Å²) < 4.78 is 154. The molecule has 13 rings (SSSR count). The Morgan fingerprint density at radius 2 is 0.801 bits per heavy atom. The van der Waals surface area contributed by atoms with Gasteiger partial charge in [-0.25, -0.2) is 30.7 Å². The molecule has 136 heavy (non-hydrogen) atoms. The molecule has 710 valence electrons. The summed E-state index contributed by atoms with van der Waals surface area (Å²) in [4.78, 5) is 11.2. The van der Waals surface area contributed by atoms with E-state index in [1.165, 1.54) is 129 Å². The number of nitriles is 1. The summed E-state index contributed by atoms with van der Waals surface area (Å²) in [6, 6.07) is 69.6. The minimum absolute atomic E-state index is 0. The second-order valence-corrected chi connectivity index (χ2v) is 36.6. The van der Waals surface area contributed by atoms with Crippen LogP contribution in [-0.2, 0) is 14.4 Å². The van der Waals surface area contributed by atoms with Crippen molar-refractivity contribution in [3.63, 3.8) is 0 Å². The third kappa shape index (κ3) is 47.1. The van der Waals surface area contributed by atoms with Crippen LogP contribution < -0.4 is 137 Å². The van der Waals surface area contributed by atoms with Gasteiger partial charge in [-0.2, -0.15) is 5.26 Å². The second-order valence-electron chi connectivity index (χ2n) is 25.5. The molecule has 40 heteroatoms. The number of nitrogens with zero attached hydrogens (tertiary/aromatic N) is 3. The smallest absolute Gasteiger partial charge is 1.00 e. The van der Waals surface area contributed by atoms with E-state index in [0.717, 1.165) is 59.5 Å². The molecule has 0 aliphatic carbocycles. The fraction of sp³-hybridized carbons (Fsp3) is 0.167. The van der Waals surface area contributed by atoms with E-state index in [-0.39, 0.29) is 181 Å². The number of alkyl halides is 1. The molecule has 13 aromatic carbocycles. The van der Waals surface area contributed by atoms with Crippen LogP contribution in [0.5, 0.6) is 40.2 Å². The van der Waals surface area contributed by atoms with E-state index < -0.39 is 31.7 Å². The number of thiol groups is 2. The summed E-state index contributed by atoms with van der Waals surface area (Å²) in [5.74, 6) is -0.219. The number of hydrogen-bond donors (Lipinski definition) is 6. The third-order valence-corrected chi connectivity index (χ3v) is 21.1. The molecule has 0 amide bonds. The van der Waals surface area contributed by atoms with Crippen LogP contribution in [0.4, 0.5) is 35.1 Å². The molecule has 0 aromatic heterocycles. The van der Waals surface area contributed by atoms with Crippen LogP contribution in [0.3, 0.4) is 0 Å². The first-order valence-corrected chi connectivity index (χ1v) is 46.1. The monoisotopic (exact) mass is 2470 g/mol. The predicted molar refractivity (Wildman–Crippen MR) is 561 cm³/mol. The zero-order valence-electron chi connectivity index (χ0n) is 78.4. The maximum absolute atomic E-state index is 14.4. The minimum Gasteiger partial charge on any atom is -1.00 e. The normalized spacial score (nSPS) is 9.33. The van der Waals surface area contributed by atoms with Gasteiger partial charge < -0.3 is 60.3 Å². The molecular formula is C96H95B4Br8F8K2N3O13S2. The Balaban J connectivity index is -0.000000743. The number of phenols is 2.